The summed E-state index contributed by atoms with van der Waals surface area (Å²) in [4.78, 5) is 1.72. The lowest BCUT2D eigenvalue weighted by atomic mass is 10.2. The van der Waals surface area contributed by atoms with Crippen LogP contribution in [0.2, 0.25) is 0 Å². The Morgan fingerprint density at radius 1 is 0.758 bits per heavy atom. The summed E-state index contributed by atoms with van der Waals surface area (Å²) in [6.45, 7) is 1.57. The fourth-order valence-corrected chi connectivity index (χ4v) is 5.35. The van der Waals surface area contributed by atoms with Crippen molar-refractivity contribution in [2.45, 2.75) is 4.90 Å². The largest absolute Gasteiger partial charge is 0.416 e. The zero-order valence-electron chi connectivity index (χ0n) is 17.6. The van der Waals surface area contributed by atoms with Gasteiger partial charge in [0.05, 0.1) is 0 Å². The van der Waals surface area contributed by atoms with Crippen molar-refractivity contribution in [2.75, 3.05) is 31.1 Å². The summed E-state index contributed by atoms with van der Waals surface area (Å²) in [6, 6.07) is 22.8. The Labute approximate surface area is 191 Å². The first-order valence-corrected chi connectivity index (χ1v) is 12.0. The van der Waals surface area contributed by atoms with Crippen molar-refractivity contribution in [3.8, 4) is 22.9 Å². The molecule has 1 aliphatic rings. The zero-order chi connectivity index (χ0) is 22.8. The van der Waals surface area contributed by atoms with E-state index in [0.717, 1.165) is 17.3 Å². The molecule has 0 bridgehead atoms. The molecule has 0 atom stereocenters. The molecule has 0 amide bonds. The molecule has 1 fully saturated rings. The Morgan fingerprint density at radius 3 is 2.03 bits per heavy atom. The van der Waals surface area contributed by atoms with Crippen LogP contribution in [0.5, 0.6) is 0 Å². The summed E-state index contributed by atoms with van der Waals surface area (Å²) in [6.07, 6.45) is 0. The summed E-state index contributed by atoms with van der Waals surface area (Å²) in [5, 5.41) is 8.05. The smallest absolute Gasteiger partial charge is 0.248 e. The molecular formula is C24H21FN4O3S. The second-order valence-corrected chi connectivity index (χ2v) is 9.56. The number of benzene rings is 3. The van der Waals surface area contributed by atoms with E-state index in [1.54, 1.807) is 0 Å². The number of halogens is 1. The summed E-state index contributed by atoms with van der Waals surface area (Å²) >= 11 is 0. The van der Waals surface area contributed by atoms with Crippen molar-refractivity contribution in [1.82, 2.24) is 14.5 Å². The highest BCUT2D eigenvalue weighted by atomic mass is 32.2. The maximum absolute atomic E-state index is 14.7. The molecule has 1 saturated heterocycles. The van der Waals surface area contributed by atoms with E-state index in [4.69, 9.17) is 4.42 Å². The maximum atomic E-state index is 14.7. The predicted molar refractivity (Wildman–Crippen MR) is 123 cm³/mol. The third-order valence-electron chi connectivity index (χ3n) is 5.60. The number of nitrogens with zero attached hydrogens (tertiary/aromatic N) is 4. The molecule has 33 heavy (non-hydrogen) atoms. The van der Waals surface area contributed by atoms with Gasteiger partial charge in [0.25, 0.3) is 0 Å². The minimum Gasteiger partial charge on any atom is -0.416 e. The normalized spacial score (nSPS) is 15.0. The first-order valence-electron chi connectivity index (χ1n) is 10.5. The highest BCUT2D eigenvalue weighted by Crippen LogP contribution is 2.29. The van der Waals surface area contributed by atoms with Gasteiger partial charge in [-0.25, -0.2) is 12.8 Å². The Balaban J connectivity index is 1.38. The molecule has 3 aromatic carbocycles. The monoisotopic (exact) mass is 464 g/mol. The number of hydrogen-bond donors (Lipinski definition) is 0. The van der Waals surface area contributed by atoms with E-state index >= 15 is 0 Å². The van der Waals surface area contributed by atoms with Gasteiger partial charge in [0.2, 0.25) is 21.8 Å². The van der Waals surface area contributed by atoms with Gasteiger partial charge >= 0.3 is 0 Å². The van der Waals surface area contributed by atoms with Gasteiger partial charge in [0.1, 0.15) is 10.7 Å². The van der Waals surface area contributed by atoms with E-state index in [0.29, 0.717) is 24.5 Å². The van der Waals surface area contributed by atoms with Crippen LogP contribution in [0.1, 0.15) is 0 Å². The minimum absolute atomic E-state index is 0.124. The standard InChI is InChI=1S/C24H21FN4O3S/c25-21-12-11-19(24-27-26-23(32-24)18-7-3-1-4-8-18)17-22(21)33(30,31)29-15-13-28(14-16-29)20-9-5-2-6-10-20/h1-12,17H,13-16H2. The number of hydrogen-bond acceptors (Lipinski definition) is 6. The highest BCUT2D eigenvalue weighted by Gasteiger charge is 2.31. The molecule has 0 N–H and O–H groups in total. The van der Waals surface area contributed by atoms with Gasteiger partial charge in [-0.15, -0.1) is 10.2 Å². The summed E-state index contributed by atoms with van der Waals surface area (Å²) in [7, 11) is -4.03. The Kier molecular flexibility index (Phi) is 5.65. The molecule has 1 aliphatic heterocycles. The van der Waals surface area contributed by atoms with Crippen LogP contribution in [0, 0.1) is 5.82 Å². The topological polar surface area (TPSA) is 79.5 Å². The van der Waals surface area contributed by atoms with Crippen molar-refractivity contribution >= 4 is 15.7 Å². The quantitative estimate of drug-likeness (QED) is 0.443. The van der Waals surface area contributed by atoms with E-state index in [1.807, 2.05) is 60.7 Å². The van der Waals surface area contributed by atoms with Crippen LogP contribution >= 0.6 is 0 Å². The Morgan fingerprint density at radius 2 is 1.36 bits per heavy atom. The molecule has 0 spiro atoms. The van der Waals surface area contributed by atoms with Crippen LogP contribution < -0.4 is 4.90 Å². The lowest BCUT2D eigenvalue weighted by Crippen LogP contribution is -2.48. The van der Waals surface area contributed by atoms with E-state index in [9.17, 15) is 12.8 Å². The van der Waals surface area contributed by atoms with Gasteiger partial charge in [-0.2, -0.15) is 4.31 Å². The van der Waals surface area contributed by atoms with Gasteiger partial charge < -0.3 is 9.32 Å². The predicted octanol–water partition coefficient (Wildman–Crippen LogP) is 4.05. The van der Waals surface area contributed by atoms with Crippen LogP contribution in [0.25, 0.3) is 22.9 Å². The highest BCUT2D eigenvalue weighted by molar-refractivity contribution is 7.89. The molecule has 0 radical (unpaired) electrons. The molecule has 0 aliphatic carbocycles. The van der Waals surface area contributed by atoms with E-state index in [1.165, 1.54) is 16.4 Å². The van der Waals surface area contributed by atoms with Crippen LogP contribution in [0.4, 0.5) is 10.1 Å². The number of sulfonamides is 1. The molecule has 5 rings (SSSR count). The van der Waals surface area contributed by atoms with Crippen molar-refractivity contribution in [2.24, 2.45) is 0 Å². The van der Waals surface area contributed by atoms with Crippen LogP contribution in [-0.2, 0) is 10.0 Å². The van der Waals surface area contributed by atoms with Crippen molar-refractivity contribution in [3.63, 3.8) is 0 Å². The van der Waals surface area contributed by atoms with Crippen LogP contribution in [0.15, 0.2) is 88.2 Å². The second kappa shape index (κ2) is 8.76. The molecule has 0 saturated carbocycles. The second-order valence-electron chi connectivity index (χ2n) is 7.65. The Bertz CT molecular complexity index is 1350. The molecule has 1 aromatic heterocycles. The van der Waals surface area contributed by atoms with Crippen LogP contribution in [0.3, 0.4) is 0 Å². The maximum Gasteiger partial charge on any atom is 0.248 e. The average molecular weight is 465 g/mol. The number of rotatable bonds is 5. The third-order valence-corrected chi connectivity index (χ3v) is 7.52. The van der Waals surface area contributed by atoms with Crippen molar-refractivity contribution in [1.29, 1.82) is 0 Å². The van der Waals surface area contributed by atoms with E-state index in [-0.39, 0.29) is 19.0 Å². The number of para-hydroxylation sites is 1. The van der Waals surface area contributed by atoms with Gasteiger partial charge in [-0.3, -0.25) is 0 Å². The van der Waals surface area contributed by atoms with Gasteiger partial charge in [-0.05, 0) is 42.5 Å². The molecule has 9 heteroatoms. The molecule has 7 nitrogen and oxygen atoms in total. The number of anilines is 1. The minimum atomic E-state index is -4.03. The zero-order valence-corrected chi connectivity index (χ0v) is 18.5. The average Bonchev–Trinajstić information content (AvgIpc) is 3.36. The van der Waals surface area contributed by atoms with Crippen molar-refractivity contribution < 1.29 is 17.2 Å². The third kappa shape index (κ3) is 4.24. The van der Waals surface area contributed by atoms with E-state index < -0.39 is 20.7 Å². The van der Waals surface area contributed by atoms with Crippen LogP contribution in [-0.4, -0.2) is 49.1 Å². The first-order chi connectivity index (χ1) is 16.0. The fraction of sp³-hybridized carbons (Fsp3) is 0.167. The SMILES string of the molecule is O=S(=O)(c1cc(-c2nnc(-c3ccccc3)o2)ccc1F)N1CCN(c2ccccc2)CC1. The Hall–Kier alpha value is -3.56. The van der Waals surface area contributed by atoms with Gasteiger partial charge in [0, 0.05) is 43.0 Å². The number of aromatic nitrogens is 2. The summed E-state index contributed by atoms with van der Waals surface area (Å²) in [5.74, 6) is -0.386. The first kappa shape index (κ1) is 21.3. The lowest BCUT2D eigenvalue weighted by Gasteiger charge is -2.35. The van der Waals surface area contributed by atoms with E-state index in [2.05, 4.69) is 15.1 Å². The fourth-order valence-electron chi connectivity index (χ4n) is 3.84. The lowest BCUT2D eigenvalue weighted by molar-refractivity contribution is 0.382. The molecule has 4 aromatic rings. The van der Waals surface area contributed by atoms with Gasteiger partial charge in [-0.1, -0.05) is 36.4 Å². The molecule has 168 valence electrons. The molecular weight excluding hydrogens is 443 g/mol. The number of piperazine rings is 1. The summed E-state index contributed by atoms with van der Waals surface area (Å²) in [5.41, 5.74) is 2.11. The molecule has 2 heterocycles. The van der Waals surface area contributed by atoms with Crippen molar-refractivity contribution in [3.05, 3.63) is 84.7 Å². The molecule has 0 unspecified atom stereocenters. The summed E-state index contributed by atoms with van der Waals surface area (Å²) < 4.78 is 48.2. The van der Waals surface area contributed by atoms with Gasteiger partial charge in [0.15, 0.2) is 0 Å².